The van der Waals surface area contributed by atoms with Crippen molar-refractivity contribution in [2.75, 3.05) is 13.1 Å². The lowest BCUT2D eigenvalue weighted by Crippen LogP contribution is -2.50. The molecule has 1 rings (SSSR count). The highest BCUT2D eigenvalue weighted by molar-refractivity contribution is 6.32. The summed E-state index contributed by atoms with van der Waals surface area (Å²) >= 11 is 6.29. The van der Waals surface area contributed by atoms with E-state index in [4.69, 9.17) is 11.6 Å². The van der Waals surface area contributed by atoms with Gasteiger partial charge in [-0.1, -0.05) is 25.4 Å². The van der Waals surface area contributed by atoms with Crippen molar-refractivity contribution in [2.45, 2.75) is 60.0 Å². The van der Waals surface area contributed by atoms with Crippen molar-refractivity contribution in [1.29, 1.82) is 0 Å². The third kappa shape index (κ3) is 3.23. The molecule has 0 saturated heterocycles. The summed E-state index contributed by atoms with van der Waals surface area (Å²) in [7, 11) is 0. The van der Waals surface area contributed by atoms with Gasteiger partial charge in [-0.15, -0.1) is 0 Å². The summed E-state index contributed by atoms with van der Waals surface area (Å²) in [5, 5.41) is 4.99. The van der Waals surface area contributed by atoms with E-state index >= 15 is 0 Å². The first-order valence-electron chi connectivity index (χ1n) is 7.29. The molecule has 0 spiro atoms. The van der Waals surface area contributed by atoms with Crippen LogP contribution in [-0.4, -0.2) is 39.1 Å². The Morgan fingerprint density at radius 3 is 2.30 bits per heavy atom. The fraction of sp³-hybridized carbons (Fsp3) is 0.733. The number of carbonyl (C=O) groups excluding carboxylic acids is 1. The number of aryl methyl sites for hydroxylation is 2. The second kappa shape index (κ2) is 6.72. The molecule has 0 amide bonds. The number of hydrogen-bond donors (Lipinski definition) is 0. The van der Waals surface area contributed by atoms with Crippen molar-refractivity contribution < 1.29 is 4.79 Å². The zero-order valence-electron chi connectivity index (χ0n) is 13.5. The molecular weight excluding hydrogens is 274 g/mol. The van der Waals surface area contributed by atoms with Gasteiger partial charge in [0.25, 0.3) is 0 Å². The lowest BCUT2D eigenvalue weighted by atomic mass is 9.93. The van der Waals surface area contributed by atoms with E-state index in [1.807, 2.05) is 32.4 Å². The van der Waals surface area contributed by atoms with Crippen LogP contribution in [0.4, 0.5) is 0 Å². The van der Waals surface area contributed by atoms with E-state index in [1.54, 1.807) is 0 Å². The van der Waals surface area contributed by atoms with Gasteiger partial charge in [-0.25, -0.2) is 0 Å². The molecule has 114 valence electrons. The molecule has 0 bridgehead atoms. The predicted molar refractivity (Wildman–Crippen MR) is 83.4 cm³/mol. The topological polar surface area (TPSA) is 38.1 Å². The minimum Gasteiger partial charge on any atom is -0.297 e. The number of Topliss-reactive ketones (excluding diaryl/α,β-unsaturated/α-hetero) is 1. The largest absolute Gasteiger partial charge is 0.297 e. The second-order valence-corrected chi connectivity index (χ2v) is 5.87. The third-order valence-corrected chi connectivity index (χ3v) is 4.51. The molecule has 0 unspecified atom stereocenters. The molecule has 0 aliphatic heterocycles. The zero-order chi connectivity index (χ0) is 15.5. The molecule has 1 heterocycles. The minimum atomic E-state index is -0.483. The van der Waals surface area contributed by atoms with E-state index < -0.39 is 5.54 Å². The maximum Gasteiger partial charge on any atom is 0.158 e. The normalized spacial score (nSPS) is 12.2. The van der Waals surface area contributed by atoms with E-state index in [9.17, 15) is 4.79 Å². The quantitative estimate of drug-likeness (QED) is 0.776. The molecule has 5 heteroatoms. The van der Waals surface area contributed by atoms with Gasteiger partial charge in [-0.2, -0.15) is 5.10 Å². The maximum atomic E-state index is 12.7. The van der Waals surface area contributed by atoms with Crippen LogP contribution in [0, 0.1) is 6.92 Å². The number of carbonyl (C=O) groups is 1. The number of halogens is 1. The highest BCUT2D eigenvalue weighted by Gasteiger charge is 2.33. The van der Waals surface area contributed by atoms with E-state index in [-0.39, 0.29) is 5.78 Å². The van der Waals surface area contributed by atoms with Crippen molar-refractivity contribution in [3.8, 4) is 0 Å². The van der Waals surface area contributed by atoms with Crippen molar-refractivity contribution >= 4 is 17.4 Å². The molecule has 0 fully saturated rings. The van der Waals surface area contributed by atoms with Crippen LogP contribution in [0.2, 0.25) is 5.02 Å². The van der Waals surface area contributed by atoms with Gasteiger partial charge in [-0.05, 0) is 40.8 Å². The number of rotatable bonds is 7. The molecular formula is C15H26ClN3O. The molecule has 0 aromatic carbocycles. The number of hydrogen-bond acceptors (Lipinski definition) is 3. The van der Waals surface area contributed by atoms with Gasteiger partial charge >= 0.3 is 0 Å². The summed E-state index contributed by atoms with van der Waals surface area (Å²) in [5.41, 5.74) is 1.14. The first-order chi connectivity index (χ1) is 9.29. The first kappa shape index (κ1) is 17.2. The van der Waals surface area contributed by atoms with Crippen LogP contribution in [0.5, 0.6) is 0 Å². The lowest BCUT2D eigenvalue weighted by Gasteiger charge is -2.35. The molecule has 0 aliphatic rings. The summed E-state index contributed by atoms with van der Waals surface area (Å²) in [5.74, 6) is 0.178. The monoisotopic (exact) mass is 299 g/mol. The van der Waals surface area contributed by atoms with Crippen LogP contribution in [0.3, 0.4) is 0 Å². The average molecular weight is 300 g/mol. The maximum absolute atomic E-state index is 12.7. The Morgan fingerprint density at radius 2 is 1.85 bits per heavy atom. The molecule has 0 atom stereocenters. The van der Waals surface area contributed by atoms with Crippen LogP contribution >= 0.6 is 11.6 Å². The van der Waals surface area contributed by atoms with Crippen molar-refractivity contribution in [3.63, 3.8) is 0 Å². The van der Waals surface area contributed by atoms with Crippen LogP contribution < -0.4 is 0 Å². The van der Waals surface area contributed by atoms with Crippen molar-refractivity contribution in [1.82, 2.24) is 14.7 Å². The fourth-order valence-electron chi connectivity index (χ4n) is 2.60. The Balaban J connectivity index is 3.01. The molecule has 0 N–H and O–H groups in total. The SMILES string of the molecule is CCN(CC)C(C)(C)C(=O)Cc1c(Cl)c(C)nn1CC. The smallest absolute Gasteiger partial charge is 0.158 e. The van der Waals surface area contributed by atoms with E-state index in [0.717, 1.165) is 31.0 Å². The Morgan fingerprint density at radius 1 is 1.30 bits per heavy atom. The Bertz CT molecular complexity index is 476. The summed E-state index contributed by atoms with van der Waals surface area (Å²) < 4.78 is 1.83. The summed E-state index contributed by atoms with van der Waals surface area (Å²) in [6, 6.07) is 0. The minimum absolute atomic E-state index is 0.178. The van der Waals surface area contributed by atoms with Crippen LogP contribution in [0.25, 0.3) is 0 Å². The molecule has 0 radical (unpaired) electrons. The standard InChI is InChI=1S/C15H26ClN3O/c1-7-18(8-2)15(5,6)13(20)10-12-14(16)11(4)17-19(12)9-3/h7-10H2,1-6H3. The molecule has 20 heavy (non-hydrogen) atoms. The molecule has 1 aromatic rings. The summed E-state index contributed by atoms with van der Waals surface area (Å²) in [6.45, 7) is 14.4. The van der Waals surface area contributed by atoms with E-state index in [2.05, 4.69) is 23.8 Å². The molecule has 0 aliphatic carbocycles. The molecule has 4 nitrogen and oxygen atoms in total. The third-order valence-electron chi connectivity index (χ3n) is 4.02. The fourth-order valence-corrected chi connectivity index (χ4v) is 2.80. The van der Waals surface area contributed by atoms with Gasteiger partial charge in [0.2, 0.25) is 0 Å². The zero-order valence-corrected chi connectivity index (χ0v) is 14.2. The number of nitrogens with zero attached hydrogens (tertiary/aromatic N) is 3. The number of aromatic nitrogens is 2. The van der Waals surface area contributed by atoms with Gasteiger partial charge in [-0.3, -0.25) is 14.4 Å². The highest BCUT2D eigenvalue weighted by Crippen LogP contribution is 2.24. The van der Waals surface area contributed by atoms with Gasteiger partial charge in [0.15, 0.2) is 5.78 Å². The van der Waals surface area contributed by atoms with Crippen molar-refractivity contribution in [2.24, 2.45) is 0 Å². The Kier molecular flexibility index (Phi) is 5.78. The molecule has 0 saturated carbocycles. The Labute approximate surface area is 127 Å². The van der Waals surface area contributed by atoms with Crippen molar-refractivity contribution in [3.05, 3.63) is 16.4 Å². The summed E-state index contributed by atoms with van der Waals surface area (Å²) in [6.07, 6.45) is 0.330. The highest BCUT2D eigenvalue weighted by atomic mass is 35.5. The first-order valence-corrected chi connectivity index (χ1v) is 7.67. The average Bonchev–Trinajstić information content (AvgIpc) is 2.67. The summed E-state index contributed by atoms with van der Waals surface area (Å²) in [4.78, 5) is 14.9. The van der Waals surface area contributed by atoms with E-state index in [1.165, 1.54) is 0 Å². The van der Waals surface area contributed by atoms with Crippen LogP contribution in [0.1, 0.15) is 46.0 Å². The van der Waals surface area contributed by atoms with Crippen LogP contribution in [-0.2, 0) is 17.8 Å². The van der Waals surface area contributed by atoms with E-state index in [0.29, 0.717) is 11.4 Å². The number of ketones is 1. The lowest BCUT2D eigenvalue weighted by molar-refractivity contribution is -0.128. The van der Waals surface area contributed by atoms with Gasteiger partial charge < -0.3 is 0 Å². The molecule has 1 aromatic heterocycles. The Hall–Kier alpha value is -0.870. The van der Waals surface area contributed by atoms with Gasteiger partial charge in [0.1, 0.15) is 0 Å². The number of likely N-dealkylation sites (N-methyl/N-ethyl adjacent to an activating group) is 1. The van der Waals surface area contributed by atoms with Gasteiger partial charge in [0, 0.05) is 6.54 Å². The predicted octanol–water partition coefficient (Wildman–Crippen LogP) is 3.10. The van der Waals surface area contributed by atoms with Gasteiger partial charge in [0.05, 0.1) is 28.4 Å². The second-order valence-electron chi connectivity index (χ2n) is 5.49. The van der Waals surface area contributed by atoms with Crippen LogP contribution in [0.15, 0.2) is 0 Å².